The largest absolute Gasteiger partial charge is 0.266 e. The smallest absolute Gasteiger partial charge is 0.264 e. The Labute approximate surface area is 180 Å². The van der Waals surface area contributed by atoms with Gasteiger partial charge in [0.1, 0.15) is 0 Å². The molecule has 0 saturated carbocycles. The van der Waals surface area contributed by atoms with Crippen LogP contribution in [0.1, 0.15) is 30.9 Å². The van der Waals surface area contributed by atoms with E-state index >= 15 is 0 Å². The number of rotatable bonds is 9. The fraction of sp³-hybridized carbons (Fsp3) is 0.231. The van der Waals surface area contributed by atoms with Gasteiger partial charge in [0.05, 0.1) is 12.9 Å². The first-order chi connectivity index (χ1) is 14.4. The Balaban J connectivity index is 1.78. The average Bonchev–Trinajstić information content (AvgIpc) is 2.76. The van der Waals surface area contributed by atoms with Crippen molar-refractivity contribution in [3.63, 3.8) is 0 Å². The van der Waals surface area contributed by atoms with Crippen molar-refractivity contribution in [3.8, 4) is 11.1 Å². The maximum Gasteiger partial charge on any atom is 0.264 e. The zero-order chi connectivity index (χ0) is 21.4. The number of allylic oxidation sites excluding steroid dienone is 1. The summed E-state index contributed by atoms with van der Waals surface area (Å²) in [5.74, 6) is 0. The van der Waals surface area contributed by atoms with Crippen molar-refractivity contribution in [1.29, 1.82) is 0 Å². The highest BCUT2D eigenvalue weighted by molar-refractivity contribution is 7.86. The molecule has 0 aromatic heterocycles. The van der Waals surface area contributed by atoms with E-state index in [0.717, 1.165) is 47.8 Å². The van der Waals surface area contributed by atoms with E-state index in [1.807, 2.05) is 43.3 Å². The van der Waals surface area contributed by atoms with Crippen LogP contribution in [0.4, 0.5) is 0 Å². The lowest BCUT2D eigenvalue weighted by atomic mass is 9.95. The fourth-order valence-electron chi connectivity index (χ4n) is 3.44. The third-order valence-electron chi connectivity index (χ3n) is 5.19. The minimum atomic E-state index is -3.49. The van der Waals surface area contributed by atoms with Crippen molar-refractivity contribution >= 4 is 15.7 Å². The Morgan fingerprint density at radius 3 is 1.97 bits per heavy atom. The van der Waals surface area contributed by atoms with E-state index in [1.165, 1.54) is 11.1 Å². The second kappa shape index (κ2) is 10.4. The maximum absolute atomic E-state index is 11.5. The fourth-order valence-corrected chi connectivity index (χ4v) is 3.80. The van der Waals surface area contributed by atoms with Gasteiger partial charge in [-0.2, -0.15) is 8.42 Å². The van der Waals surface area contributed by atoms with Crippen LogP contribution in [-0.2, 0) is 20.7 Å². The molecular weight excluding hydrogens is 392 g/mol. The summed E-state index contributed by atoms with van der Waals surface area (Å²) < 4.78 is 28.2. The van der Waals surface area contributed by atoms with E-state index in [1.54, 1.807) is 0 Å². The van der Waals surface area contributed by atoms with Crippen LogP contribution in [0.3, 0.4) is 0 Å². The molecule has 0 saturated heterocycles. The summed E-state index contributed by atoms with van der Waals surface area (Å²) in [6.07, 6.45) is 3.77. The lowest BCUT2D eigenvalue weighted by Gasteiger charge is -2.14. The number of hydrogen-bond donors (Lipinski definition) is 0. The van der Waals surface area contributed by atoms with Crippen molar-refractivity contribution in [2.24, 2.45) is 0 Å². The Hall–Kier alpha value is -2.69. The van der Waals surface area contributed by atoms with Gasteiger partial charge in [-0.05, 0) is 59.6 Å². The van der Waals surface area contributed by atoms with Crippen molar-refractivity contribution in [3.05, 3.63) is 102 Å². The molecule has 3 nitrogen and oxygen atoms in total. The topological polar surface area (TPSA) is 43.4 Å². The second-order valence-electron chi connectivity index (χ2n) is 7.48. The standard InChI is InChI=1S/C26H28O3S/c1-21(23-16-18-25(19-17-23)24-13-7-4-8-14-24)26(20-29-30(2,27)28)15-9-12-22-10-5-3-6-11-22/h3-8,10-11,13-14,16-19H,9,12,15,20H2,1-2H3/b26-21-. The molecule has 0 N–H and O–H groups in total. The van der Waals surface area contributed by atoms with Gasteiger partial charge >= 0.3 is 0 Å². The summed E-state index contributed by atoms with van der Waals surface area (Å²) in [6.45, 7) is 2.14. The van der Waals surface area contributed by atoms with Crippen LogP contribution >= 0.6 is 0 Å². The molecule has 4 heteroatoms. The molecule has 3 rings (SSSR count). The van der Waals surface area contributed by atoms with Crippen molar-refractivity contribution < 1.29 is 12.6 Å². The molecule has 3 aromatic carbocycles. The van der Waals surface area contributed by atoms with Gasteiger partial charge in [0.2, 0.25) is 0 Å². The summed E-state index contributed by atoms with van der Waals surface area (Å²) in [6, 6.07) is 29.0. The molecule has 0 heterocycles. The molecule has 0 aliphatic heterocycles. The maximum atomic E-state index is 11.5. The third kappa shape index (κ3) is 6.68. The molecule has 0 radical (unpaired) electrons. The third-order valence-corrected chi connectivity index (χ3v) is 5.74. The quantitative estimate of drug-likeness (QED) is 0.391. The first kappa shape index (κ1) is 22.0. The van der Waals surface area contributed by atoms with E-state index in [-0.39, 0.29) is 6.61 Å². The first-order valence-electron chi connectivity index (χ1n) is 10.2. The highest BCUT2D eigenvalue weighted by Gasteiger charge is 2.10. The molecule has 3 aromatic rings. The van der Waals surface area contributed by atoms with Crippen molar-refractivity contribution in [2.75, 3.05) is 12.9 Å². The summed E-state index contributed by atoms with van der Waals surface area (Å²) in [4.78, 5) is 0. The van der Waals surface area contributed by atoms with Crippen LogP contribution in [0.15, 0.2) is 90.5 Å². The number of benzene rings is 3. The van der Waals surface area contributed by atoms with Crippen LogP contribution < -0.4 is 0 Å². The van der Waals surface area contributed by atoms with Crippen LogP contribution in [0.5, 0.6) is 0 Å². The molecule has 0 bridgehead atoms. The minimum absolute atomic E-state index is 0.0971. The molecule has 0 aliphatic carbocycles. The van der Waals surface area contributed by atoms with E-state index in [2.05, 4.69) is 48.5 Å². The minimum Gasteiger partial charge on any atom is -0.266 e. The van der Waals surface area contributed by atoms with Gasteiger partial charge in [0, 0.05) is 0 Å². The second-order valence-corrected chi connectivity index (χ2v) is 9.12. The molecular formula is C26H28O3S. The molecule has 0 amide bonds. The lowest BCUT2D eigenvalue weighted by Crippen LogP contribution is -2.08. The van der Waals surface area contributed by atoms with Gasteiger partial charge in [-0.15, -0.1) is 0 Å². The monoisotopic (exact) mass is 420 g/mol. The Bertz CT molecular complexity index is 1070. The van der Waals surface area contributed by atoms with Gasteiger partial charge in [-0.25, -0.2) is 0 Å². The molecule has 156 valence electrons. The summed E-state index contributed by atoms with van der Waals surface area (Å²) in [5, 5.41) is 0. The molecule has 0 atom stereocenters. The number of aryl methyl sites for hydroxylation is 1. The zero-order valence-electron chi connectivity index (χ0n) is 17.5. The summed E-state index contributed by atoms with van der Waals surface area (Å²) in [5.41, 5.74) is 6.79. The zero-order valence-corrected chi connectivity index (χ0v) is 18.4. The van der Waals surface area contributed by atoms with E-state index < -0.39 is 10.1 Å². The van der Waals surface area contributed by atoms with Gasteiger partial charge < -0.3 is 0 Å². The Morgan fingerprint density at radius 2 is 1.37 bits per heavy atom. The predicted molar refractivity (Wildman–Crippen MR) is 125 cm³/mol. The number of hydrogen-bond acceptors (Lipinski definition) is 3. The highest BCUT2D eigenvalue weighted by atomic mass is 32.2. The summed E-state index contributed by atoms with van der Waals surface area (Å²) in [7, 11) is -3.49. The Morgan fingerprint density at radius 1 is 0.800 bits per heavy atom. The highest BCUT2D eigenvalue weighted by Crippen LogP contribution is 2.26. The molecule has 0 unspecified atom stereocenters. The molecule has 30 heavy (non-hydrogen) atoms. The Kier molecular flexibility index (Phi) is 7.61. The SMILES string of the molecule is C/C(=C(\CCCc1ccccc1)COS(C)(=O)=O)c1ccc(-c2ccccc2)cc1. The summed E-state index contributed by atoms with van der Waals surface area (Å²) >= 11 is 0. The first-order valence-corrected chi connectivity index (χ1v) is 12.0. The van der Waals surface area contributed by atoms with Crippen LogP contribution in [0.25, 0.3) is 16.7 Å². The molecule has 0 aliphatic rings. The molecule has 0 fully saturated rings. The van der Waals surface area contributed by atoms with Crippen molar-refractivity contribution in [1.82, 2.24) is 0 Å². The van der Waals surface area contributed by atoms with Gasteiger partial charge in [-0.1, -0.05) is 84.9 Å². The predicted octanol–water partition coefficient (Wildman–Crippen LogP) is 6.13. The average molecular weight is 421 g/mol. The van der Waals surface area contributed by atoms with Gasteiger partial charge in [0.15, 0.2) is 0 Å². The molecule has 0 spiro atoms. The normalized spacial score (nSPS) is 12.5. The van der Waals surface area contributed by atoms with Crippen molar-refractivity contribution in [2.45, 2.75) is 26.2 Å². The van der Waals surface area contributed by atoms with Crippen LogP contribution in [0, 0.1) is 0 Å². The van der Waals surface area contributed by atoms with E-state index in [4.69, 9.17) is 4.18 Å². The van der Waals surface area contributed by atoms with Crippen LogP contribution in [-0.4, -0.2) is 21.3 Å². The van der Waals surface area contributed by atoms with Gasteiger partial charge in [0.25, 0.3) is 10.1 Å². The van der Waals surface area contributed by atoms with Crippen LogP contribution in [0.2, 0.25) is 0 Å². The van der Waals surface area contributed by atoms with E-state index in [0.29, 0.717) is 0 Å². The van der Waals surface area contributed by atoms with Gasteiger partial charge in [-0.3, -0.25) is 4.18 Å². The van der Waals surface area contributed by atoms with E-state index in [9.17, 15) is 8.42 Å². The lowest BCUT2D eigenvalue weighted by molar-refractivity contribution is 0.348.